The van der Waals surface area contributed by atoms with Crippen LogP contribution in [0.25, 0.3) is 98.3 Å². The summed E-state index contributed by atoms with van der Waals surface area (Å²) in [6.45, 7) is 0. The van der Waals surface area contributed by atoms with E-state index in [0.29, 0.717) is 5.82 Å². The van der Waals surface area contributed by atoms with E-state index in [0.717, 1.165) is 66.7 Å². The van der Waals surface area contributed by atoms with Crippen LogP contribution in [0.15, 0.2) is 168 Å². The van der Waals surface area contributed by atoms with E-state index in [4.69, 9.17) is 14.4 Å². The van der Waals surface area contributed by atoms with Gasteiger partial charge in [-0.05, 0) is 42.0 Å². The van der Waals surface area contributed by atoms with Crippen LogP contribution >= 0.6 is 11.3 Å². The maximum atomic E-state index is 6.77. The van der Waals surface area contributed by atoms with Crippen LogP contribution in [-0.4, -0.2) is 15.0 Å². The van der Waals surface area contributed by atoms with Crippen molar-refractivity contribution in [3.63, 3.8) is 0 Å². The molecule has 6 aromatic carbocycles. The zero-order chi connectivity index (χ0) is 33.0. The van der Waals surface area contributed by atoms with Crippen molar-refractivity contribution in [2.45, 2.75) is 0 Å². The summed E-state index contributed by atoms with van der Waals surface area (Å²) in [5.74, 6) is 0.659. The van der Waals surface area contributed by atoms with Crippen LogP contribution in [0.4, 0.5) is 0 Å². The highest BCUT2D eigenvalue weighted by molar-refractivity contribution is 7.26. The van der Waals surface area contributed by atoms with Crippen molar-refractivity contribution >= 4 is 53.4 Å². The Kier molecular flexibility index (Phi) is 6.64. The van der Waals surface area contributed by atoms with Crippen LogP contribution in [0.5, 0.6) is 0 Å². The fraction of sp³-hybridized carbons (Fsp3) is 0. The number of furan rings is 1. The summed E-state index contributed by atoms with van der Waals surface area (Å²) < 4.78 is 9.31. The van der Waals surface area contributed by atoms with Gasteiger partial charge in [-0.3, -0.25) is 4.98 Å². The molecule has 5 heteroatoms. The second-order valence-corrected chi connectivity index (χ2v) is 13.4. The first kappa shape index (κ1) is 28.6. The Hall–Kier alpha value is -6.43. The minimum atomic E-state index is 0.659. The van der Waals surface area contributed by atoms with Gasteiger partial charge in [0.05, 0.1) is 11.4 Å². The zero-order valence-electron chi connectivity index (χ0n) is 26.7. The lowest BCUT2D eigenvalue weighted by molar-refractivity contribution is 0.670. The molecular formula is C45H27N3OS. The van der Waals surface area contributed by atoms with Gasteiger partial charge in [-0.15, -0.1) is 11.3 Å². The number of nitrogens with zero attached hydrogens (tertiary/aromatic N) is 3. The molecule has 0 amide bonds. The molecule has 0 fully saturated rings. The number of aromatic nitrogens is 3. The Morgan fingerprint density at radius 3 is 2.10 bits per heavy atom. The lowest BCUT2D eigenvalue weighted by atomic mass is 9.95. The SMILES string of the molecule is c1ccc(-c2cc(-c3ccc(-c4cccc5c4sc4ccccc45)c4oc5ccccc5c34)nc(-c3cccc(-c4cccnc4)c3)n2)cc1. The molecule has 0 atom stereocenters. The molecule has 234 valence electrons. The first-order valence-corrected chi connectivity index (χ1v) is 17.4. The predicted molar refractivity (Wildman–Crippen MR) is 207 cm³/mol. The molecule has 0 aliphatic rings. The predicted octanol–water partition coefficient (Wildman–Crippen LogP) is 12.5. The summed E-state index contributed by atoms with van der Waals surface area (Å²) in [4.78, 5) is 14.8. The number of rotatable bonds is 5. The highest BCUT2D eigenvalue weighted by Gasteiger charge is 2.21. The van der Waals surface area contributed by atoms with Crippen LogP contribution in [0, 0.1) is 0 Å². The van der Waals surface area contributed by atoms with E-state index in [1.165, 1.54) is 25.7 Å². The van der Waals surface area contributed by atoms with E-state index in [2.05, 4.69) is 120 Å². The monoisotopic (exact) mass is 657 g/mol. The fourth-order valence-electron chi connectivity index (χ4n) is 7.06. The standard InChI is InChI=1S/C45H27N3OS/c1-2-11-28(12-3-1)38-26-39(48-45(47-38)30-14-8-13-29(25-30)31-15-10-24-46-27-31)36-23-22-33(43-42(36)37-17-4-6-20-40(37)49-43)35-19-9-18-34-32-16-5-7-21-41(32)50-44(34)35/h1-27H. The molecule has 0 N–H and O–H groups in total. The number of thiophene rings is 1. The molecule has 0 saturated carbocycles. The fourth-order valence-corrected chi connectivity index (χ4v) is 8.29. The van der Waals surface area contributed by atoms with Crippen molar-refractivity contribution in [3.05, 3.63) is 164 Å². The molecule has 50 heavy (non-hydrogen) atoms. The Bertz CT molecular complexity index is 2870. The van der Waals surface area contributed by atoms with Gasteiger partial charge in [-0.25, -0.2) is 9.97 Å². The Labute approximate surface area is 292 Å². The quantitative estimate of drug-likeness (QED) is 0.185. The summed E-state index contributed by atoms with van der Waals surface area (Å²) in [7, 11) is 0. The van der Waals surface area contributed by atoms with Crippen LogP contribution < -0.4 is 0 Å². The second kappa shape index (κ2) is 11.6. The van der Waals surface area contributed by atoms with E-state index in [9.17, 15) is 0 Å². The first-order valence-electron chi connectivity index (χ1n) is 16.6. The maximum Gasteiger partial charge on any atom is 0.160 e. The first-order chi connectivity index (χ1) is 24.8. The van der Waals surface area contributed by atoms with Gasteiger partial charge in [0.25, 0.3) is 0 Å². The minimum absolute atomic E-state index is 0.659. The topological polar surface area (TPSA) is 51.8 Å². The van der Waals surface area contributed by atoms with Crippen LogP contribution in [0.1, 0.15) is 0 Å². The normalized spacial score (nSPS) is 11.6. The van der Waals surface area contributed by atoms with Crippen molar-refractivity contribution in [2.75, 3.05) is 0 Å². The lowest BCUT2D eigenvalue weighted by Crippen LogP contribution is -1.97. The number of fused-ring (bicyclic) bond motifs is 6. The maximum absolute atomic E-state index is 6.77. The molecule has 0 spiro atoms. The summed E-state index contributed by atoms with van der Waals surface area (Å²) >= 11 is 1.83. The summed E-state index contributed by atoms with van der Waals surface area (Å²) in [5, 5.41) is 4.64. The second-order valence-electron chi connectivity index (χ2n) is 12.4. The molecule has 4 nitrogen and oxygen atoms in total. The molecule has 0 bridgehead atoms. The largest absolute Gasteiger partial charge is 0.455 e. The molecule has 0 radical (unpaired) electrons. The molecular weight excluding hydrogens is 631 g/mol. The van der Waals surface area contributed by atoms with Crippen molar-refractivity contribution < 1.29 is 4.42 Å². The lowest BCUT2D eigenvalue weighted by Gasteiger charge is -2.12. The Balaban J connectivity index is 1.23. The van der Waals surface area contributed by atoms with Crippen molar-refractivity contribution in [1.82, 2.24) is 15.0 Å². The van der Waals surface area contributed by atoms with E-state index >= 15 is 0 Å². The molecule has 4 heterocycles. The average molecular weight is 658 g/mol. The van der Waals surface area contributed by atoms with Gasteiger partial charge in [0.15, 0.2) is 5.82 Å². The zero-order valence-corrected chi connectivity index (χ0v) is 27.6. The number of para-hydroxylation sites is 1. The van der Waals surface area contributed by atoms with E-state index < -0.39 is 0 Å². The highest BCUT2D eigenvalue weighted by Crippen LogP contribution is 2.46. The van der Waals surface area contributed by atoms with Gasteiger partial charge >= 0.3 is 0 Å². The molecule has 0 saturated heterocycles. The van der Waals surface area contributed by atoms with Crippen molar-refractivity contribution in [1.29, 1.82) is 0 Å². The minimum Gasteiger partial charge on any atom is -0.455 e. The van der Waals surface area contributed by atoms with E-state index in [1.54, 1.807) is 6.20 Å². The third kappa shape index (κ3) is 4.71. The molecule has 0 unspecified atom stereocenters. The number of benzene rings is 6. The van der Waals surface area contributed by atoms with Crippen molar-refractivity contribution in [2.24, 2.45) is 0 Å². The van der Waals surface area contributed by atoms with Crippen LogP contribution in [0.3, 0.4) is 0 Å². The summed E-state index contributed by atoms with van der Waals surface area (Å²) in [6, 6.07) is 52.7. The Morgan fingerprint density at radius 1 is 0.480 bits per heavy atom. The number of hydrogen-bond donors (Lipinski definition) is 0. The van der Waals surface area contributed by atoms with Gasteiger partial charge in [0.2, 0.25) is 0 Å². The molecule has 10 aromatic rings. The molecule has 0 aliphatic carbocycles. The van der Waals surface area contributed by atoms with Crippen molar-refractivity contribution in [3.8, 4) is 56.2 Å². The molecule has 0 aliphatic heterocycles. The number of hydrogen-bond acceptors (Lipinski definition) is 5. The van der Waals surface area contributed by atoms with E-state index in [1.807, 2.05) is 53.9 Å². The summed E-state index contributed by atoms with van der Waals surface area (Å²) in [5.41, 5.74) is 10.7. The van der Waals surface area contributed by atoms with Gasteiger partial charge in [-0.2, -0.15) is 0 Å². The molecule has 4 aromatic heterocycles. The van der Waals surface area contributed by atoms with Crippen LogP contribution in [-0.2, 0) is 0 Å². The van der Waals surface area contributed by atoms with Gasteiger partial charge in [-0.1, -0.05) is 115 Å². The van der Waals surface area contributed by atoms with E-state index in [-0.39, 0.29) is 0 Å². The summed E-state index contributed by atoms with van der Waals surface area (Å²) in [6.07, 6.45) is 3.67. The van der Waals surface area contributed by atoms with Gasteiger partial charge < -0.3 is 4.42 Å². The third-order valence-electron chi connectivity index (χ3n) is 9.41. The number of pyridine rings is 1. The highest BCUT2D eigenvalue weighted by atomic mass is 32.1. The van der Waals surface area contributed by atoms with Gasteiger partial charge in [0, 0.05) is 76.7 Å². The van der Waals surface area contributed by atoms with Crippen LogP contribution in [0.2, 0.25) is 0 Å². The smallest absolute Gasteiger partial charge is 0.160 e. The third-order valence-corrected chi connectivity index (χ3v) is 10.6. The molecule has 10 rings (SSSR count). The Morgan fingerprint density at radius 2 is 1.20 bits per heavy atom. The van der Waals surface area contributed by atoms with Gasteiger partial charge in [0.1, 0.15) is 11.2 Å². The average Bonchev–Trinajstić information content (AvgIpc) is 3.78.